The number of hydrogen-bond donors (Lipinski definition) is 1. The van der Waals surface area contributed by atoms with E-state index in [0.717, 1.165) is 56.0 Å². The molecule has 206 valence electrons. The zero-order valence-corrected chi connectivity index (χ0v) is 23.5. The van der Waals surface area contributed by atoms with Crippen LogP contribution in [0.5, 0.6) is 0 Å². The lowest BCUT2D eigenvalue weighted by Gasteiger charge is -2.52. The van der Waals surface area contributed by atoms with E-state index < -0.39 is 5.54 Å². The molecule has 0 bridgehead atoms. The molecule has 1 spiro atoms. The van der Waals surface area contributed by atoms with Gasteiger partial charge in [0.05, 0.1) is 11.4 Å². The smallest absolute Gasteiger partial charge is 0.246 e. The van der Waals surface area contributed by atoms with Crippen molar-refractivity contribution in [2.24, 2.45) is 5.92 Å². The van der Waals surface area contributed by atoms with Gasteiger partial charge in [0.1, 0.15) is 11.6 Å². The monoisotopic (exact) mass is 519 g/mol. The normalized spacial score (nSPS) is 22.7. The van der Waals surface area contributed by atoms with Crippen LogP contribution in [0.15, 0.2) is 30.3 Å². The number of aromatic nitrogens is 2. The summed E-state index contributed by atoms with van der Waals surface area (Å²) in [4.78, 5) is 32.0. The summed E-state index contributed by atoms with van der Waals surface area (Å²) in [6, 6.07) is 9.91. The van der Waals surface area contributed by atoms with E-state index in [1.54, 1.807) is 0 Å². The van der Waals surface area contributed by atoms with Crippen molar-refractivity contribution >= 4 is 11.8 Å². The Morgan fingerprint density at radius 3 is 2.42 bits per heavy atom. The number of hydrogen-bond acceptors (Lipinski definition) is 4. The van der Waals surface area contributed by atoms with E-state index in [-0.39, 0.29) is 17.9 Å². The van der Waals surface area contributed by atoms with E-state index in [1.807, 2.05) is 27.8 Å². The highest BCUT2D eigenvalue weighted by Crippen LogP contribution is 2.36. The first kappa shape index (κ1) is 26.9. The topological polar surface area (TPSA) is 70.5 Å². The number of unbranched alkanes of at least 4 members (excludes halogenated alkanes) is 1. The number of piperidine rings is 1. The van der Waals surface area contributed by atoms with Crippen LogP contribution in [0, 0.1) is 19.8 Å². The fourth-order valence-electron chi connectivity index (χ4n) is 6.96. The van der Waals surface area contributed by atoms with Gasteiger partial charge in [-0.15, -0.1) is 0 Å². The predicted molar refractivity (Wildman–Crippen MR) is 150 cm³/mol. The lowest BCUT2D eigenvalue weighted by atomic mass is 9.79. The summed E-state index contributed by atoms with van der Waals surface area (Å²) in [6.07, 6.45) is 10.3. The molecule has 2 aliphatic heterocycles. The van der Waals surface area contributed by atoms with Crippen LogP contribution in [0.2, 0.25) is 0 Å². The van der Waals surface area contributed by atoms with Gasteiger partial charge in [-0.25, -0.2) is 4.68 Å². The minimum Gasteiger partial charge on any atom is -0.342 e. The molecule has 1 aromatic carbocycles. The van der Waals surface area contributed by atoms with Crippen molar-refractivity contribution in [3.8, 4) is 5.69 Å². The molecule has 3 fully saturated rings. The van der Waals surface area contributed by atoms with Gasteiger partial charge in [-0.1, -0.05) is 63.6 Å². The molecule has 3 aliphatic rings. The largest absolute Gasteiger partial charge is 0.342 e. The Hall–Kier alpha value is -2.67. The van der Waals surface area contributed by atoms with Crippen molar-refractivity contribution in [1.82, 2.24) is 24.9 Å². The van der Waals surface area contributed by atoms with Crippen LogP contribution >= 0.6 is 0 Å². The number of rotatable bonds is 8. The Morgan fingerprint density at radius 1 is 1.03 bits per heavy atom. The molecule has 0 unspecified atom stereocenters. The van der Waals surface area contributed by atoms with Crippen molar-refractivity contribution in [2.75, 3.05) is 19.6 Å². The Balaban J connectivity index is 1.28. The van der Waals surface area contributed by atoms with Gasteiger partial charge in [0.2, 0.25) is 11.8 Å². The van der Waals surface area contributed by atoms with Gasteiger partial charge in [0.15, 0.2) is 0 Å². The highest BCUT2D eigenvalue weighted by atomic mass is 16.2. The van der Waals surface area contributed by atoms with Crippen LogP contribution in [0.1, 0.15) is 88.1 Å². The summed E-state index contributed by atoms with van der Waals surface area (Å²) in [5, 5.41) is 8.05. The van der Waals surface area contributed by atoms with Crippen LogP contribution in [0.3, 0.4) is 0 Å². The van der Waals surface area contributed by atoms with Crippen molar-refractivity contribution in [2.45, 2.75) is 103 Å². The predicted octanol–water partition coefficient (Wildman–Crippen LogP) is 4.92. The molecular weight excluding hydrogens is 474 g/mol. The quantitative estimate of drug-likeness (QED) is 0.537. The fourth-order valence-corrected chi connectivity index (χ4v) is 6.96. The number of aryl methyl sites for hydroxylation is 1. The second-order valence-corrected chi connectivity index (χ2v) is 11.8. The number of piperazine rings is 1. The third kappa shape index (κ3) is 5.27. The van der Waals surface area contributed by atoms with Gasteiger partial charge in [-0.05, 0) is 57.6 Å². The summed E-state index contributed by atoms with van der Waals surface area (Å²) in [6.45, 7) is 9.47. The second kappa shape index (κ2) is 11.6. The van der Waals surface area contributed by atoms with Crippen molar-refractivity contribution < 1.29 is 9.59 Å². The molecule has 1 atom stereocenters. The SMILES string of the molecule is CCCCN1C(=O)[C@H](CC2CCCCC2)NC(=O)C12CCN(Cc1c(C)nn(-c3ccccc3)c1C)CC2. The minimum absolute atomic E-state index is 0.0814. The zero-order chi connectivity index (χ0) is 26.7. The van der Waals surface area contributed by atoms with E-state index in [9.17, 15) is 9.59 Å². The van der Waals surface area contributed by atoms with E-state index in [4.69, 9.17) is 5.10 Å². The van der Waals surface area contributed by atoms with Crippen molar-refractivity contribution in [3.05, 3.63) is 47.3 Å². The number of likely N-dealkylation sites (tertiary alicyclic amines) is 1. The highest BCUT2D eigenvalue weighted by molar-refractivity contribution is 6.00. The Morgan fingerprint density at radius 2 is 1.74 bits per heavy atom. The lowest BCUT2D eigenvalue weighted by molar-refractivity contribution is -0.162. The fraction of sp³-hybridized carbons (Fsp3) is 0.645. The van der Waals surface area contributed by atoms with E-state index >= 15 is 0 Å². The Kier molecular flexibility index (Phi) is 8.22. The molecule has 2 aromatic rings. The van der Waals surface area contributed by atoms with Gasteiger partial charge in [-0.2, -0.15) is 5.10 Å². The number of benzene rings is 1. The Labute approximate surface area is 227 Å². The number of nitrogens with zero attached hydrogens (tertiary/aromatic N) is 4. The number of amides is 2. The minimum atomic E-state index is -0.704. The lowest BCUT2D eigenvalue weighted by Crippen LogP contribution is -2.73. The second-order valence-electron chi connectivity index (χ2n) is 11.8. The molecule has 0 radical (unpaired) electrons. The van der Waals surface area contributed by atoms with Crippen LogP contribution in [-0.4, -0.2) is 62.6 Å². The molecule has 1 N–H and O–H groups in total. The molecule has 3 heterocycles. The van der Waals surface area contributed by atoms with E-state index in [2.05, 4.69) is 43.1 Å². The van der Waals surface area contributed by atoms with Crippen LogP contribution in [0.4, 0.5) is 0 Å². The van der Waals surface area contributed by atoms with Gasteiger partial charge in [-0.3, -0.25) is 14.5 Å². The average molecular weight is 520 g/mol. The molecule has 7 nitrogen and oxygen atoms in total. The van der Waals surface area contributed by atoms with Crippen LogP contribution in [-0.2, 0) is 16.1 Å². The first-order valence-electron chi connectivity index (χ1n) is 14.9. The average Bonchev–Trinajstić information content (AvgIpc) is 3.22. The van der Waals surface area contributed by atoms with Crippen molar-refractivity contribution in [3.63, 3.8) is 0 Å². The molecule has 1 saturated carbocycles. The third-order valence-corrected chi connectivity index (χ3v) is 9.34. The molecule has 1 aliphatic carbocycles. The molecule has 5 rings (SSSR count). The summed E-state index contributed by atoms with van der Waals surface area (Å²) >= 11 is 0. The van der Waals surface area contributed by atoms with Gasteiger partial charge in [0.25, 0.3) is 0 Å². The summed E-state index contributed by atoms with van der Waals surface area (Å²) in [7, 11) is 0. The maximum atomic E-state index is 13.8. The first-order chi connectivity index (χ1) is 18.4. The summed E-state index contributed by atoms with van der Waals surface area (Å²) < 4.78 is 2.03. The third-order valence-electron chi connectivity index (χ3n) is 9.34. The van der Waals surface area contributed by atoms with E-state index in [0.29, 0.717) is 25.3 Å². The summed E-state index contributed by atoms with van der Waals surface area (Å²) in [5.41, 5.74) is 3.83. The standard InChI is InChI=1S/C31H45N5O2/c1-4-5-18-35-29(37)28(21-25-12-8-6-9-13-25)32-30(38)31(35)16-19-34(20-17-31)22-27-23(2)33-36(24(27)3)26-14-10-7-11-15-26/h7,10-11,14-15,25,28H,4-6,8-9,12-13,16-22H2,1-3H3,(H,32,38)/t28-/m0/s1. The molecule has 2 amide bonds. The molecule has 2 saturated heterocycles. The van der Waals surface area contributed by atoms with Crippen molar-refractivity contribution in [1.29, 1.82) is 0 Å². The molecule has 7 heteroatoms. The van der Waals surface area contributed by atoms with Crippen LogP contribution in [0.25, 0.3) is 5.69 Å². The number of nitrogens with one attached hydrogen (secondary N) is 1. The summed E-state index contributed by atoms with van der Waals surface area (Å²) in [5.74, 6) is 0.802. The maximum absolute atomic E-state index is 13.8. The van der Waals surface area contributed by atoms with Gasteiger partial charge >= 0.3 is 0 Å². The number of para-hydroxylation sites is 1. The molecule has 38 heavy (non-hydrogen) atoms. The maximum Gasteiger partial charge on any atom is 0.246 e. The number of carbonyl (C=O) groups excluding carboxylic acids is 2. The number of carbonyl (C=O) groups is 2. The van der Waals surface area contributed by atoms with Gasteiger partial charge < -0.3 is 10.2 Å². The highest BCUT2D eigenvalue weighted by Gasteiger charge is 2.53. The van der Waals surface area contributed by atoms with E-state index in [1.165, 1.54) is 37.7 Å². The molecular formula is C31H45N5O2. The molecule has 1 aromatic heterocycles. The zero-order valence-electron chi connectivity index (χ0n) is 23.5. The first-order valence-corrected chi connectivity index (χ1v) is 14.9. The van der Waals surface area contributed by atoms with Crippen LogP contribution < -0.4 is 5.32 Å². The Bertz CT molecular complexity index is 1110. The van der Waals surface area contributed by atoms with Gasteiger partial charge in [0, 0.05) is 37.4 Å².